The van der Waals surface area contributed by atoms with Crippen molar-refractivity contribution < 1.29 is 31.8 Å². The lowest BCUT2D eigenvalue weighted by atomic mass is 10.1. The van der Waals surface area contributed by atoms with Gasteiger partial charge in [0.25, 0.3) is 5.91 Å². The van der Waals surface area contributed by atoms with Gasteiger partial charge in [0.1, 0.15) is 11.6 Å². The third kappa shape index (κ3) is 7.61. The normalized spacial score (nSPS) is 11.0. The fourth-order valence-electron chi connectivity index (χ4n) is 3.45. The zero-order valence-corrected chi connectivity index (χ0v) is 21.2. The average Bonchev–Trinajstić information content (AvgIpc) is 2.86. The summed E-state index contributed by atoms with van der Waals surface area (Å²) in [6.45, 7) is 0.293. The Morgan fingerprint density at radius 1 is 0.917 bits per heavy atom. The van der Waals surface area contributed by atoms with Gasteiger partial charge in [-0.05, 0) is 66.1 Å². The Labute approximate surface area is 210 Å². The number of amides is 1. The molecule has 0 radical (unpaired) electrons. The van der Waals surface area contributed by atoms with Gasteiger partial charge in [0.15, 0.2) is 18.1 Å². The Balaban J connectivity index is 1.51. The second-order valence-corrected chi connectivity index (χ2v) is 9.87. The van der Waals surface area contributed by atoms with Crippen LogP contribution in [-0.2, 0) is 27.8 Å². The monoisotopic (exact) mass is 516 g/mol. The minimum absolute atomic E-state index is 0.0573. The number of carbonyl (C=O) groups is 1. The van der Waals surface area contributed by atoms with Crippen LogP contribution in [0.4, 0.5) is 10.1 Å². The predicted octanol–water partition coefficient (Wildman–Crippen LogP) is 3.55. The number of hydrogen-bond acceptors (Lipinski definition) is 6. The zero-order valence-electron chi connectivity index (χ0n) is 20.4. The molecule has 3 rings (SSSR count). The van der Waals surface area contributed by atoms with E-state index in [0.717, 1.165) is 11.8 Å². The highest BCUT2D eigenvalue weighted by atomic mass is 32.2. The molecule has 3 aromatic carbocycles. The maximum absolute atomic E-state index is 13.2. The van der Waals surface area contributed by atoms with E-state index in [1.54, 1.807) is 38.5 Å². The van der Waals surface area contributed by atoms with Crippen molar-refractivity contribution in [3.63, 3.8) is 0 Å². The molecule has 0 aromatic heterocycles. The number of methoxy groups -OCH3 is 2. The van der Waals surface area contributed by atoms with E-state index in [0.29, 0.717) is 41.5 Å². The van der Waals surface area contributed by atoms with Crippen molar-refractivity contribution in [2.45, 2.75) is 13.0 Å². The van der Waals surface area contributed by atoms with Crippen molar-refractivity contribution in [1.29, 1.82) is 0 Å². The van der Waals surface area contributed by atoms with E-state index in [1.165, 1.54) is 28.6 Å². The molecule has 1 N–H and O–H groups in total. The van der Waals surface area contributed by atoms with E-state index in [-0.39, 0.29) is 19.1 Å². The van der Waals surface area contributed by atoms with E-state index in [4.69, 9.17) is 14.2 Å². The van der Waals surface area contributed by atoms with Gasteiger partial charge in [0, 0.05) is 6.54 Å². The largest absolute Gasteiger partial charge is 0.493 e. The summed E-state index contributed by atoms with van der Waals surface area (Å²) in [6.07, 6.45) is 1.71. The molecule has 0 aliphatic heterocycles. The van der Waals surface area contributed by atoms with Crippen LogP contribution in [0.15, 0.2) is 66.7 Å². The van der Waals surface area contributed by atoms with Crippen LogP contribution in [0.3, 0.4) is 0 Å². The van der Waals surface area contributed by atoms with Crippen LogP contribution >= 0.6 is 0 Å². The molecule has 0 aliphatic rings. The van der Waals surface area contributed by atoms with Crippen LogP contribution in [0.5, 0.6) is 17.2 Å². The number of sulfonamides is 1. The summed E-state index contributed by atoms with van der Waals surface area (Å²) < 4.78 is 55.1. The maximum Gasteiger partial charge on any atom is 0.257 e. The lowest BCUT2D eigenvalue weighted by molar-refractivity contribution is -0.123. The van der Waals surface area contributed by atoms with Crippen molar-refractivity contribution >= 4 is 21.6 Å². The smallest absolute Gasteiger partial charge is 0.257 e. The van der Waals surface area contributed by atoms with E-state index in [1.807, 2.05) is 18.2 Å². The number of rotatable bonds is 12. The minimum Gasteiger partial charge on any atom is -0.493 e. The molecular weight excluding hydrogens is 487 g/mol. The van der Waals surface area contributed by atoms with Crippen LogP contribution in [0.25, 0.3) is 0 Å². The molecule has 0 bridgehead atoms. The van der Waals surface area contributed by atoms with Crippen molar-refractivity contribution in [3.8, 4) is 17.2 Å². The quantitative estimate of drug-likeness (QED) is 0.396. The number of anilines is 1. The summed E-state index contributed by atoms with van der Waals surface area (Å²) in [5.41, 5.74) is 2.06. The first-order valence-corrected chi connectivity index (χ1v) is 13.0. The van der Waals surface area contributed by atoms with Crippen molar-refractivity contribution in [1.82, 2.24) is 5.32 Å². The molecule has 0 heterocycles. The highest BCUT2D eigenvalue weighted by molar-refractivity contribution is 7.92. The highest BCUT2D eigenvalue weighted by Crippen LogP contribution is 2.27. The lowest BCUT2D eigenvalue weighted by Crippen LogP contribution is -2.30. The molecule has 36 heavy (non-hydrogen) atoms. The number of hydrogen-bond donors (Lipinski definition) is 1. The summed E-state index contributed by atoms with van der Waals surface area (Å²) in [7, 11) is -0.449. The number of nitrogens with zero attached hydrogens (tertiary/aromatic N) is 1. The molecule has 1 amide bonds. The molecule has 0 saturated heterocycles. The number of ether oxygens (including phenoxy) is 3. The number of nitrogens with one attached hydrogen (secondary N) is 1. The first kappa shape index (κ1) is 26.8. The molecule has 0 unspecified atom stereocenters. The van der Waals surface area contributed by atoms with Crippen molar-refractivity contribution in [2.24, 2.45) is 0 Å². The van der Waals surface area contributed by atoms with Gasteiger partial charge in [-0.3, -0.25) is 9.10 Å². The number of halogens is 1. The third-order valence-corrected chi connectivity index (χ3v) is 6.46. The Morgan fingerprint density at radius 2 is 1.56 bits per heavy atom. The Kier molecular flexibility index (Phi) is 9.13. The molecule has 3 aromatic rings. The van der Waals surface area contributed by atoms with Crippen LogP contribution in [0, 0.1) is 5.82 Å². The zero-order chi connectivity index (χ0) is 26.1. The first-order valence-electron chi connectivity index (χ1n) is 11.1. The Hall–Kier alpha value is -3.79. The van der Waals surface area contributed by atoms with Gasteiger partial charge >= 0.3 is 0 Å². The van der Waals surface area contributed by atoms with E-state index < -0.39 is 15.8 Å². The van der Waals surface area contributed by atoms with Crippen LogP contribution in [-0.4, -0.2) is 48.0 Å². The molecular formula is C26H29FN2O6S. The summed E-state index contributed by atoms with van der Waals surface area (Å²) in [4.78, 5) is 12.2. The van der Waals surface area contributed by atoms with Gasteiger partial charge < -0.3 is 19.5 Å². The molecule has 0 saturated carbocycles. The van der Waals surface area contributed by atoms with Gasteiger partial charge in [0.05, 0.1) is 32.7 Å². The molecule has 0 fully saturated rings. The van der Waals surface area contributed by atoms with Gasteiger partial charge in [-0.2, -0.15) is 0 Å². The van der Waals surface area contributed by atoms with E-state index >= 15 is 0 Å². The minimum atomic E-state index is -3.59. The van der Waals surface area contributed by atoms with E-state index in [9.17, 15) is 17.6 Å². The van der Waals surface area contributed by atoms with Gasteiger partial charge in [-0.15, -0.1) is 0 Å². The second-order valence-electron chi connectivity index (χ2n) is 7.97. The Bertz CT molecular complexity index is 1260. The summed E-state index contributed by atoms with van der Waals surface area (Å²) in [5, 5.41) is 2.80. The molecule has 192 valence electrons. The van der Waals surface area contributed by atoms with Crippen LogP contribution in [0.2, 0.25) is 0 Å². The number of benzene rings is 3. The van der Waals surface area contributed by atoms with Crippen LogP contribution < -0.4 is 23.8 Å². The van der Waals surface area contributed by atoms with Crippen LogP contribution in [0.1, 0.15) is 11.1 Å². The first-order chi connectivity index (χ1) is 17.2. The SMILES string of the molecule is COc1ccc(CCNC(=O)COc2ccc(N(Cc3ccc(F)cc3)S(C)(=O)=O)cc2)cc1OC. The molecule has 10 heteroatoms. The lowest BCUT2D eigenvalue weighted by Gasteiger charge is -2.22. The summed E-state index contributed by atoms with van der Waals surface area (Å²) in [6, 6.07) is 17.6. The maximum atomic E-state index is 13.2. The van der Waals surface area contributed by atoms with Gasteiger partial charge in [0.2, 0.25) is 10.0 Å². The molecule has 0 aliphatic carbocycles. The highest BCUT2D eigenvalue weighted by Gasteiger charge is 2.18. The number of carbonyl (C=O) groups excluding carboxylic acids is 1. The van der Waals surface area contributed by atoms with Gasteiger partial charge in [-0.25, -0.2) is 12.8 Å². The van der Waals surface area contributed by atoms with Gasteiger partial charge in [-0.1, -0.05) is 18.2 Å². The molecule has 0 atom stereocenters. The molecule has 0 spiro atoms. The topological polar surface area (TPSA) is 94.2 Å². The van der Waals surface area contributed by atoms with Crippen molar-refractivity contribution in [2.75, 3.05) is 37.9 Å². The fraction of sp³-hybridized carbons (Fsp3) is 0.269. The Morgan fingerprint density at radius 3 is 2.17 bits per heavy atom. The predicted molar refractivity (Wildman–Crippen MR) is 136 cm³/mol. The third-order valence-electron chi connectivity index (χ3n) is 5.32. The van der Waals surface area contributed by atoms with E-state index in [2.05, 4.69) is 5.32 Å². The fourth-order valence-corrected chi connectivity index (χ4v) is 4.33. The standard InChI is InChI=1S/C26H29FN2O6S/c1-33-24-13-6-19(16-25(24)34-2)14-15-28-26(30)18-35-23-11-9-22(10-12-23)29(36(3,31)32)17-20-4-7-21(27)8-5-20/h4-13,16H,14-15,17-18H2,1-3H3,(H,28,30). The van der Waals surface area contributed by atoms with Crippen molar-refractivity contribution in [3.05, 3.63) is 83.7 Å². The summed E-state index contributed by atoms with van der Waals surface area (Å²) >= 11 is 0. The second kappa shape index (κ2) is 12.3. The average molecular weight is 517 g/mol. The molecule has 8 nitrogen and oxygen atoms in total. The summed E-state index contributed by atoms with van der Waals surface area (Å²) in [5.74, 6) is 1.01.